The van der Waals surface area contributed by atoms with Gasteiger partial charge >= 0.3 is 6.03 Å². The summed E-state index contributed by atoms with van der Waals surface area (Å²) in [7, 11) is 0. The number of carbonyl (C=O) groups excluding carboxylic acids is 2. The first-order valence-corrected chi connectivity index (χ1v) is 8.76. The molecule has 0 unspecified atom stereocenters. The average Bonchev–Trinajstić information content (AvgIpc) is 3.10. The van der Waals surface area contributed by atoms with Crippen molar-refractivity contribution in [3.63, 3.8) is 0 Å². The third kappa shape index (κ3) is 4.09. The fraction of sp³-hybridized carbons (Fsp3) is 0.294. The molecule has 2 heterocycles. The Labute approximate surface area is 149 Å². The smallest absolute Gasteiger partial charge is 0.338 e. The zero-order valence-electron chi connectivity index (χ0n) is 13.6. The van der Waals surface area contributed by atoms with Crippen LogP contribution in [0.4, 0.5) is 4.79 Å². The monoisotopic (exact) mass is 361 g/mol. The number of ether oxygens (including phenoxy) is 1. The molecule has 0 atom stereocenters. The van der Waals surface area contributed by atoms with E-state index in [9.17, 15) is 14.8 Å². The molecule has 0 spiro atoms. The zero-order chi connectivity index (χ0) is 17.8. The third-order valence-electron chi connectivity index (χ3n) is 4.00. The predicted octanol–water partition coefficient (Wildman–Crippen LogP) is 2.10. The van der Waals surface area contributed by atoms with Crippen molar-refractivity contribution < 1.29 is 19.5 Å². The van der Waals surface area contributed by atoms with E-state index in [1.54, 1.807) is 23.5 Å². The van der Waals surface area contributed by atoms with Gasteiger partial charge < -0.3 is 15.4 Å². The molecule has 132 valence electrons. The van der Waals surface area contributed by atoms with Gasteiger partial charge in [-0.2, -0.15) is 0 Å². The van der Waals surface area contributed by atoms with Crippen LogP contribution in [0.15, 0.2) is 35.7 Å². The van der Waals surface area contributed by atoms with Gasteiger partial charge in [0.15, 0.2) is 0 Å². The van der Waals surface area contributed by atoms with Crippen molar-refractivity contribution in [2.45, 2.75) is 13.0 Å². The second kappa shape index (κ2) is 7.54. The van der Waals surface area contributed by atoms with E-state index in [0.717, 1.165) is 12.0 Å². The van der Waals surface area contributed by atoms with Crippen LogP contribution in [0.5, 0.6) is 5.75 Å². The zero-order valence-corrected chi connectivity index (χ0v) is 14.4. The molecule has 3 N–H and O–H groups in total. The van der Waals surface area contributed by atoms with Crippen molar-refractivity contribution in [2.24, 2.45) is 5.73 Å². The Hall–Kier alpha value is -2.58. The van der Waals surface area contributed by atoms with Gasteiger partial charge in [0.05, 0.1) is 13.1 Å². The minimum absolute atomic E-state index is 0.0245. The van der Waals surface area contributed by atoms with Gasteiger partial charge in [-0.25, -0.2) is 9.86 Å². The highest BCUT2D eigenvalue weighted by Crippen LogP contribution is 2.25. The lowest BCUT2D eigenvalue weighted by atomic mass is 9.98. The van der Waals surface area contributed by atoms with Gasteiger partial charge in [-0.05, 0) is 41.6 Å². The molecule has 0 saturated carbocycles. The van der Waals surface area contributed by atoms with E-state index in [4.69, 9.17) is 10.5 Å². The number of amides is 3. The van der Waals surface area contributed by atoms with E-state index in [0.29, 0.717) is 29.5 Å². The first-order valence-electron chi connectivity index (χ1n) is 7.88. The number of hydrogen-bond acceptors (Lipinski definition) is 5. The predicted molar refractivity (Wildman–Crippen MR) is 92.8 cm³/mol. The molecular weight excluding hydrogens is 342 g/mol. The van der Waals surface area contributed by atoms with E-state index in [2.05, 4.69) is 0 Å². The van der Waals surface area contributed by atoms with Crippen LogP contribution in [0.25, 0.3) is 0 Å². The first-order chi connectivity index (χ1) is 12.0. The standard InChI is InChI=1S/C17H19N3O4S/c18-17(22)20(23)7-8-24-13-3-4-15-12(10-13)5-6-19(16(15)21)11-14-2-1-9-25-14/h1-4,9-10,23H,5-8,11H2,(H2,18,22). The summed E-state index contributed by atoms with van der Waals surface area (Å²) in [5, 5.41) is 11.6. The van der Waals surface area contributed by atoms with Gasteiger partial charge in [0.1, 0.15) is 12.4 Å². The summed E-state index contributed by atoms with van der Waals surface area (Å²) in [4.78, 5) is 26.4. The van der Waals surface area contributed by atoms with Crippen molar-refractivity contribution in [3.8, 4) is 5.75 Å². The number of nitrogens with two attached hydrogens (primary N) is 1. The maximum Gasteiger partial charge on any atom is 0.338 e. The Bertz CT molecular complexity index is 763. The van der Waals surface area contributed by atoms with Gasteiger partial charge in [0.2, 0.25) is 0 Å². The summed E-state index contributed by atoms with van der Waals surface area (Å²) >= 11 is 1.64. The lowest BCUT2D eigenvalue weighted by Gasteiger charge is -2.28. The molecule has 1 aliphatic heterocycles. The molecule has 1 aliphatic rings. The highest BCUT2D eigenvalue weighted by atomic mass is 32.1. The number of thiophene rings is 1. The molecule has 0 radical (unpaired) electrons. The molecule has 7 nitrogen and oxygen atoms in total. The summed E-state index contributed by atoms with van der Waals surface area (Å²) < 4.78 is 5.51. The second-order valence-electron chi connectivity index (χ2n) is 5.68. The van der Waals surface area contributed by atoms with Crippen molar-refractivity contribution in [1.29, 1.82) is 0 Å². The first kappa shape index (κ1) is 17.2. The van der Waals surface area contributed by atoms with Crippen molar-refractivity contribution in [2.75, 3.05) is 19.7 Å². The molecule has 3 amide bonds. The maximum atomic E-state index is 12.6. The quantitative estimate of drug-likeness (QED) is 0.608. The number of nitrogens with zero attached hydrogens (tertiary/aromatic N) is 2. The van der Waals surface area contributed by atoms with E-state index < -0.39 is 6.03 Å². The second-order valence-corrected chi connectivity index (χ2v) is 6.72. The summed E-state index contributed by atoms with van der Waals surface area (Å²) in [6.07, 6.45) is 0.761. The van der Waals surface area contributed by atoms with Crippen LogP contribution in [0, 0.1) is 0 Å². The number of fused-ring (bicyclic) bond motifs is 1. The van der Waals surface area contributed by atoms with Crippen molar-refractivity contribution in [3.05, 3.63) is 51.7 Å². The summed E-state index contributed by atoms with van der Waals surface area (Å²) in [6.45, 7) is 1.38. The van der Waals surface area contributed by atoms with Crippen LogP contribution in [0.1, 0.15) is 20.8 Å². The number of urea groups is 1. The summed E-state index contributed by atoms with van der Waals surface area (Å²) in [6, 6.07) is 8.40. The van der Waals surface area contributed by atoms with Crippen LogP contribution in [-0.4, -0.2) is 46.8 Å². The molecular formula is C17H19N3O4S. The third-order valence-corrected chi connectivity index (χ3v) is 4.86. The SMILES string of the molecule is NC(=O)N(O)CCOc1ccc2c(c1)CCN(Cc1cccs1)C2=O. The largest absolute Gasteiger partial charge is 0.492 e. The molecule has 1 aromatic carbocycles. The highest BCUT2D eigenvalue weighted by Gasteiger charge is 2.24. The van der Waals surface area contributed by atoms with Gasteiger partial charge in [-0.3, -0.25) is 10.0 Å². The number of benzene rings is 1. The molecule has 25 heavy (non-hydrogen) atoms. The van der Waals surface area contributed by atoms with Crippen LogP contribution < -0.4 is 10.5 Å². The van der Waals surface area contributed by atoms with Crippen LogP contribution in [-0.2, 0) is 13.0 Å². The molecule has 0 aliphatic carbocycles. The van der Waals surface area contributed by atoms with Crippen LogP contribution in [0.3, 0.4) is 0 Å². The molecule has 0 bridgehead atoms. The lowest BCUT2D eigenvalue weighted by molar-refractivity contribution is -0.0464. The topological polar surface area (TPSA) is 96.1 Å². The fourth-order valence-corrected chi connectivity index (χ4v) is 3.42. The molecule has 0 fully saturated rings. The Morgan fingerprint density at radius 3 is 2.96 bits per heavy atom. The Balaban J connectivity index is 1.62. The maximum absolute atomic E-state index is 12.6. The Morgan fingerprint density at radius 1 is 1.40 bits per heavy atom. The van der Waals surface area contributed by atoms with Gasteiger partial charge in [0.25, 0.3) is 5.91 Å². The Morgan fingerprint density at radius 2 is 2.24 bits per heavy atom. The molecule has 2 aromatic rings. The van der Waals surface area contributed by atoms with E-state index >= 15 is 0 Å². The number of hydrogen-bond donors (Lipinski definition) is 2. The molecule has 1 aromatic heterocycles. The minimum Gasteiger partial charge on any atom is -0.492 e. The van der Waals surface area contributed by atoms with Crippen LogP contribution in [0.2, 0.25) is 0 Å². The van der Waals surface area contributed by atoms with Gasteiger partial charge in [-0.15, -0.1) is 11.3 Å². The fourth-order valence-electron chi connectivity index (χ4n) is 2.70. The number of rotatable bonds is 6. The average molecular weight is 361 g/mol. The van der Waals surface area contributed by atoms with E-state index in [1.807, 2.05) is 28.5 Å². The van der Waals surface area contributed by atoms with E-state index in [-0.39, 0.29) is 19.1 Å². The van der Waals surface area contributed by atoms with Gasteiger partial charge in [-0.1, -0.05) is 6.07 Å². The lowest BCUT2D eigenvalue weighted by Crippen LogP contribution is -2.37. The van der Waals surface area contributed by atoms with Crippen molar-refractivity contribution in [1.82, 2.24) is 9.96 Å². The molecule has 0 saturated heterocycles. The molecule has 8 heteroatoms. The number of carbonyl (C=O) groups is 2. The number of primary amides is 1. The normalized spacial score (nSPS) is 13.5. The highest BCUT2D eigenvalue weighted by molar-refractivity contribution is 7.09. The Kier molecular flexibility index (Phi) is 5.20. The minimum atomic E-state index is -0.925. The molecule has 3 rings (SSSR count). The van der Waals surface area contributed by atoms with E-state index in [1.165, 1.54) is 4.88 Å². The van der Waals surface area contributed by atoms with Crippen LogP contribution >= 0.6 is 11.3 Å². The van der Waals surface area contributed by atoms with Gasteiger partial charge in [0, 0.05) is 17.0 Å². The summed E-state index contributed by atoms with van der Waals surface area (Å²) in [5.74, 6) is 0.618. The van der Waals surface area contributed by atoms with Crippen molar-refractivity contribution >= 4 is 23.3 Å². The number of hydroxylamine groups is 2. The summed E-state index contributed by atoms with van der Waals surface area (Å²) in [5.41, 5.74) is 6.56.